The molecule has 1 fully saturated rings. The van der Waals surface area contributed by atoms with Gasteiger partial charge in [0.05, 0.1) is 10.6 Å². The first-order valence-electron chi connectivity index (χ1n) is 5.73. The maximum atomic E-state index is 12.4. The molecule has 2 unspecified atom stereocenters. The normalized spacial score (nSPS) is 22.2. The minimum atomic E-state index is -0.0155. The number of halogens is 3. The lowest BCUT2D eigenvalue weighted by Crippen LogP contribution is -2.56. The van der Waals surface area contributed by atoms with Crippen LogP contribution in [0.4, 0.5) is 0 Å². The number of carbonyl (C=O) groups is 1. The topological polar surface area (TPSA) is 45.2 Å². The van der Waals surface area contributed by atoms with Gasteiger partial charge >= 0.3 is 0 Å². The van der Waals surface area contributed by atoms with Crippen molar-refractivity contribution in [3.05, 3.63) is 29.0 Å². The number of pyridine rings is 1. The molecule has 2 rings (SSSR count). The Morgan fingerprint density at radius 2 is 2.16 bits per heavy atom. The minimum Gasteiger partial charge on any atom is -0.333 e. The Balaban J connectivity index is 0.00000162. The Bertz CT molecular complexity index is 430. The van der Waals surface area contributed by atoms with Gasteiger partial charge in [0.2, 0.25) is 0 Å². The highest BCUT2D eigenvalue weighted by Crippen LogP contribution is 2.18. The van der Waals surface area contributed by atoms with Gasteiger partial charge in [0.25, 0.3) is 5.91 Å². The van der Waals surface area contributed by atoms with Gasteiger partial charge in [-0.05, 0) is 19.9 Å². The van der Waals surface area contributed by atoms with Gasteiger partial charge in [0.15, 0.2) is 0 Å². The molecule has 2 heterocycles. The molecule has 108 valence electrons. The van der Waals surface area contributed by atoms with Crippen LogP contribution in [0.5, 0.6) is 0 Å². The molecule has 1 amide bonds. The molecule has 0 aliphatic carbocycles. The standard InChI is InChI=1S/C12H16ClN3O.2ClH/c1-8-7-16(9(2)5-15-8)12(17)10-3-4-14-6-11(10)13;;/h3-4,6,8-9,15H,5,7H2,1-2H3;2*1H. The average molecular weight is 327 g/mol. The maximum Gasteiger partial charge on any atom is 0.255 e. The van der Waals surface area contributed by atoms with Crippen LogP contribution >= 0.6 is 36.4 Å². The van der Waals surface area contributed by atoms with Crippen LogP contribution in [0.15, 0.2) is 18.5 Å². The molecule has 0 saturated carbocycles. The fourth-order valence-corrected chi connectivity index (χ4v) is 2.21. The Morgan fingerprint density at radius 1 is 1.47 bits per heavy atom. The molecule has 19 heavy (non-hydrogen) atoms. The summed E-state index contributed by atoms with van der Waals surface area (Å²) in [6.07, 6.45) is 3.10. The molecule has 1 aliphatic heterocycles. The lowest BCUT2D eigenvalue weighted by atomic mass is 10.1. The number of piperazine rings is 1. The second-order valence-corrected chi connectivity index (χ2v) is 4.88. The van der Waals surface area contributed by atoms with Crippen molar-refractivity contribution in [1.82, 2.24) is 15.2 Å². The van der Waals surface area contributed by atoms with Gasteiger partial charge in [-0.1, -0.05) is 11.6 Å². The predicted octanol–water partition coefficient (Wildman–Crippen LogP) is 2.40. The van der Waals surface area contributed by atoms with Crippen molar-refractivity contribution in [3.8, 4) is 0 Å². The highest BCUT2D eigenvalue weighted by molar-refractivity contribution is 6.33. The Hall–Kier alpha value is -0.550. The summed E-state index contributed by atoms with van der Waals surface area (Å²) in [5.41, 5.74) is 0.530. The van der Waals surface area contributed by atoms with Crippen molar-refractivity contribution in [2.75, 3.05) is 13.1 Å². The number of amides is 1. The summed E-state index contributed by atoms with van der Waals surface area (Å²) >= 11 is 6.00. The van der Waals surface area contributed by atoms with Gasteiger partial charge in [-0.3, -0.25) is 9.78 Å². The van der Waals surface area contributed by atoms with Crippen molar-refractivity contribution in [2.24, 2.45) is 0 Å². The summed E-state index contributed by atoms with van der Waals surface area (Å²) < 4.78 is 0. The molecule has 1 saturated heterocycles. The van der Waals surface area contributed by atoms with Gasteiger partial charge in [-0.2, -0.15) is 0 Å². The van der Waals surface area contributed by atoms with E-state index < -0.39 is 0 Å². The Kier molecular flexibility index (Phi) is 7.67. The zero-order valence-electron chi connectivity index (χ0n) is 10.8. The molecular formula is C12H18Cl3N3O. The summed E-state index contributed by atoms with van der Waals surface area (Å²) in [6, 6.07) is 2.17. The van der Waals surface area contributed by atoms with Gasteiger partial charge in [0, 0.05) is 37.6 Å². The average Bonchev–Trinajstić information content (AvgIpc) is 2.32. The lowest BCUT2D eigenvalue weighted by molar-refractivity contribution is 0.0616. The molecule has 0 radical (unpaired) electrons. The van der Waals surface area contributed by atoms with Crippen LogP contribution in [0, 0.1) is 0 Å². The molecule has 4 nitrogen and oxygen atoms in total. The third kappa shape index (κ3) is 4.21. The first-order chi connectivity index (χ1) is 8.09. The number of nitrogens with one attached hydrogen (secondary N) is 1. The van der Waals surface area contributed by atoms with E-state index in [1.165, 1.54) is 6.20 Å². The number of nitrogens with zero attached hydrogens (tertiary/aromatic N) is 2. The van der Waals surface area contributed by atoms with E-state index >= 15 is 0 Å². The zero-order chi connectivity index (χ0) is 12.4. The van der Waals surface area contributed by atoms with E-state index in [0.29, 0.717) is 23.2 Å². The summed E-state index contributed by atoms with van der Waals surface area (Å²) in [5, 5.41) is 3.76. The largest absolute Gasteiger partial charge is 0.333 e. The van der Waals surface area contributed by atoms with Crippen LogP contribution in [-0.4, -0.2) is 41.0 Å². The van der Waals surface area contributed by atoms with E-state index in [0.717, 1.165) is 6.54 Å². The number of carbonyl (C=O) groups excluding carboxylic acids is 1. The van der Waals surface area contributed by atoms with Crippen LogP contribution in [0.2, 0.25) is 5.02 Å². The van der Waals surface area contributed by atoms with E-state index in [9.17, 15) is 4.79 Å². The van der Waals surface area contributed by atoms with Crippen LogP contribution in [-0.2, 0) is 0 Å². The number of aromatic nitrogens is 1. The predicted molar refractivity (Wildman–Crippen MR) is 81.7 cm³/mol. The van der Waals surface area contributed by atoms with Crippen molar-refractivity contribution >= 4 is 42.3 Å². The molecule has 1 aromatic heterocycles. The molecule has 0 aromatic carbocycles. The second-order valence-electron chi connectivity index (χ2n) is 4.47. The van der Waals surface area contributed by atoms with Crippen molar-refractivity contribution in [1.29, 1.82) is 0 Å². The van der Waals surface area contributed by atoms with Crippen LogP contribution in [0.3, 0.4) is 0 Å². The van der Waals surface area contributed by atoms with Crippen LogP contribution < -0.4 is 5.32 Å². The van der Waals surface area contributed by atoms with E-state index in [4.69, 9.17) is 11.6 Å². The van der Waals surface area contributed by atoms with Crippen LogP contribution in [0.1, 0.15) is 24.2 Å². The third-order valence-corrected chi connectivity index (χ3v) is 3.33. The first kappa shape index (κ1) is 18.4. The molecule has 7 heteroatoms. The fraction of sp³-hybridized carbons (Fsp3) is 0.500. The highest BCUT2D eigenvalue weighted by atomic mass is 35.5. The van der Waals surface area contributed by atoms with E-state index in [-0.39, 0.29) is 36.8 Å². The highest BCUT2D eigenvalue weighted by Gasteiger charge is 2.28. The second kappa shape index (κ2) is 7.90. The summed E-state index contributed by atoms with van der Waals surface area (Å²) in [5.74, 6) is -0.0155. The van der Waals surface area contributed by atoms with Crippen molar-refractivity contribution < 1.29 is 4.79 Å². The number of hydrogen-bond acceptors (Lipinski definition) is 3. The smallest absolute Gasteiger partial charge is 0.255 e. The number of hydrogen-bond donors (Lipinski definition) is 1. The summed E-state index contributed by atoms with van der Waals surface area (Å²) in [6.45, 7) is 5.63. The molecule has 1 aliphatic rings. The molecule has 0 spiro atoms. The van der Waals surface area contributed by atoms with Gasteiger partial charge in [0.1, 0.15) is 0 Å². The van der Waals surface area contributed by atoms with E-state index in [2.05, 4.69) is 17.2 Å². The molecular weight excluding hydrogens is 309 g/mol. The minimum absolute atomic E-state index is 0. The fourth-order valence-electron chi connectivity index (χ4n) is 2.01. The summed E-state index contributed by atoms with van der Waals surface area (Å²) in [7, 11) is 0. The van der Waals surface area contributed by atoms with E-state index in [1.54, 1.807) is 12.3 Å². The molecule has 0 bridgehead atoms. The molecule has 2 atom stereocenters. The first-order valence-corrected chi connectivity index (χ1v) is 6.11. The van der Waals surface area contributed by atoms with Gasteiger partial charge < -0.3 is 10.2 Å². The third-order valence-electron chi connectivity index (χ3n) is 3.03. The Labute approximate surface area is 130 Å². The zero-order valence-corrected chi connectivity index (χ0v) is 13.2. The molecule has 1 N–H and O–H groups in total. The maximum absolute atomic E-state index is 12.4. The number of rotatable bonds is 1. The van der Waals surface area contributed by atoms with Crippen molar-refractivity contribution in [2.45, 2.75) is 25.9 Å². The van der Waals surface area contributed by atoms with Gasteiger partial charge in [-0.25, -0.2) is 0 Å². The van der Waals surface area contributed by atoms with Gasteiger partial charge in [-0.15, -0.1) is 24.8 Å². The summed E-state index contributed by atoms with van der Waals surface area (Å²) in [4.78, 5) is 18.1. The SMILES string of the molecule is CC1CN(C(=O)c2ccncc2Cl)C(C)CN1.Cl.Cl. The lowest BCUT2D eigenvalue weighted by Gasteiger charge is -2.37. The van der Waals surface area contributed by atoms with Crippen LogP contribution in [0.25, 0.3) is 0 Å². The van der Waals surface area contributed by atoms with Crippen molar-refractivity contribution in [3.63, 3.8) is 0 Å². The monoisotopic (exact) mass is 325 g/mol. The quantitative estimate of drug-likeness (QED) is 0.862. The molecule has 1 aromatic rings. The van der Waals surface area contributed by atoms with E-state index in [1.807, 2.05) is 11.8 Å². The Morgan fingerprint density at radius 3 is 2.79 bits per heavy atom.